The van der Waals surface area contributed by atoms with Crippen molar-refractivity contribution in [3.63, 3.8) is 0 Å². The second-order valence-corrected chi connectivity index (χ2v) is 8.89. The van der Waals surface area contributed by atoms with Crippen molar-refractivity contribution in [1.29, 1.82) is 0 Å². The lowest BCUT2D eigenvalue weighted by atomic mass is 9.86. The van der Waals surface area contributed by atoms with Crippen LogP contribution in [0.2, 0.25) is 0 Å². The molecule has 0 radical (unpaired) electrons. The van der Waals surface area contributed by atoms with Crippen LogP contribution >= 0.6 is 11.8 Å². The van der Waals surface area contributed by atoms with Crippen LogP contribution in [0.1, 0.15) is 57.5 Å². The van der Waals surface area contributed by atoms with Crippen molar-refractivity contribution in [1.82, 2.24) is 4.90 Å². The zero-order valence-corrected chi connectivity index (χ0v) is 15.9. The number of hydrogen-bond acceptors (Lipinski definition) is 3. The summed E-state index contributed by atoms with van der Waals surface area (Å²) < 4.78 is 0. The van der Waals surface area contributed by atoms with Gasteiger partial charge < -0.3 is 10.0 Å². The molecule has 1 aliphatic heterocycles. The molecule has 0 bridgehead atoms. The van der Waals surface area contributed by atoms with Crippen molar-refractivity contribution in [2.75, 3.05) is 5.75 Å². The standard InChI is InChI=1S/C19H27NO3S/c1-12(2)10-15(18(22)23)20-16(21)11-24-17(20)13-6-8-14(9-7-13)19(3,4)5/h6-9,12,15,17H,10-11H2,1-5H3,(H,22,23)/t15-,17+/m0/s1. The lowest BCUT2D eigenvalue weighted by Gasteiger charge is -2.31. The summed E-state index contributed by atoms with van der Waals surface area (Å²) in [6.07, 6.45) is 0.470. The van der Waals surface area contributed by atoms with E-state index in [2.05, 4.69) is 32.9 Å². The van der Waals surface area contributed by atoms with E-state index < -0.39 is 12.0 Å². The van der Waals surface area contributed by atoms with Crippen LogP contribution in [0.25, 0.3) is 0 Å². The maximum absolute atomic E-state index is 12.4. The Kier molecular flexibility index (Phi) is 5.63. The minimum atomic E-state index is -0.920. The molecule has 1 N–H and O–H groups in total. The Bertz CT molecular complexity index is 604. The van der Waals surface area contributed by atoms with Crippen molar-refractivity contribution in [3.8, 4) is 0 Å². The lowest BCUT2D eigenvalue weighted by molar-refractivity contribution is -0.150. The molecule has 0 saturated carbocycles. The minimum absolute atomic E-state index is 0.0676. The first-order valence-electron chi connectivity index (χ1n) is 8.37. The van der Waals surface area contributed by atoms with E-state index in [0.29, 0.717) is 12.2 Å². The quantitative estimate of drug-likeness (QED) is 0.871. The second-order valence-electron chi connectivity index (χ2n) is 7.82. The normalized spacial score (nSPS) is 19.8. The van der Waals surface area contributed by atoms with Gasteiger partial charge in [0, 0.05) is 0 Å². The maximum Gasteiger partial charge on any atom is 0.326 e. The molecule has 4 nitrogen and oxygen atoms in total. The number of aliphatic carboxylic acids is 1. The van der Waals surface area contributed by atoms with E-state index in [1.165, 1.54) is 17.3 Å². The predicted molar refractivity (Wildman–Crippen MR) is 98.1 cm³/mol. The van der Waals surface area contributed by atoms with Gasteiger partial charge in [-0.3, -0.25) is 4.79 Å². The maximum atomic E-state index is 12.4. The molecule has 1 aromatic carbocycles. The third-order valence-electron chi connectivity index (χ3n) is 4.28. The van der Waals surface area contributed by atoms with Crippen LogP contribution < -0.4 is 0 Å². The number of amides is 1. The van der Waals surface area contributed by atoms with Gasteiger partial charge in [-0.05, 0) is 28.9 Å². The first kappa shape index (κ1) is 18.8. The topological polar surface area (TPSA) is 57.6 Å². The Labute approximate surface area is 148 Å². The fourth-order valence-corrected chi connectivity index (χ4v) is 4.18. The molecule has 0 unspecified atom stereocenters. The van der Waals surface area contributed by atoms with Gasteiger partial charge in [0.2, 0.25) is 5.91 Å². The summed E-state index contributed by atoms with van der Waals surface area (Å²) in [6.45, 7) is 10.4. The average Bonchev–Trinajstić information content (AvgIpc) is 2.85. The van der Waals surface area contributed by atoms with Crippen molar-refractivity contribution >= 4 is 23.6 Å². The van der Waals surface area contributed by atoms with Crippen molar-refractivity contribution in [3.05, 3.63) is 35.4 Å². The summed E-state index contributed by atoms with van der Waals surface area (Å²) in [5, 5.41) is 9.40. The SMILES string of the molecule is CC(C)C[C@@H](C(=O)O)N1C(=O)CS[C@@H]1c1ccc(C(C)(C)C)cc1. The molecule has 1 heterocycles. The number of rotatable bonds is 5. The van der Waals surface area contributed by atoms with E-state index in [0.717, 1.165) is 5.56 Å². The minimum Gasteiger partial charge on any atom is -0.480 e. The number of hydrogen-bond donors (Lipinski definition) is 1. The summed E-state index contributed by atoms with van der Waals surface area (Å²) in [5.41, 5.74) is 2.29. The average molecular weight is 349 g/mol. The van der Waals surface area contributed by atoms with Crippen LogP contribution in [0, 0.1) is 5.92 Å². The summed E-state index contributed by atoms with van der Waals surface area (Å²) in [7, 11) is 0. The molecule has 2 atom stereocenters. The van der Waals surface area contributed by atoms with Gasteiger partial charge in [-0.1, -0.05) is 58.9 Å². The fourth-order valence-electron chi connectivity index (χ4n) is 2.96. The van der Waals surface area contributed by atoms with Crippen LogP contribution in [0.5, 0.6) is 0 Å². The fraction of sp³-hybridized carbons (Fsp3) is 0.579. The van der Waals surface area contributed by atoms with Gasteiger partial charge in [-0.2, -0.15) is 0 Å². The van der Waals surface area contributed by atoms with Crippen LogP contribution in [0.4, 0.5) is 0 Å². The van der Waals surface area contributed by atoms with E-state index in [1.807, 2.05) is 26.0 Å². The van der Waals surface area contributed by atoms with Gasteiger partial charge in [0.1, 0.15) is 11.4 Å². The highest BCUT2D eigenvalue weighted by atomic mass is 32.2. The first-order valence-corrected chi connectivity index (χ1v) is 9.42. The van der Waals surface area contributed by atoms with E-state index in [4.69, 9.17) is 0 Å². The van der Waals surface area contributed by atoms with Gasteiger partial charge in [0.05, 0.1) is 5.75 Å². The zero-order chi connectivity index (χ0) is 18.1. The predicted octanol–water partition coefficient (Wildman–Crippen LogP) is 4.06. The van der Waals surface area contributed by atoms with E-state index in [-0.39, 0.29) is 22.6 Å². The highest BCUT2D eigenvalue weighted by Crippen LogP contribution is 2.41. The third-order valence-corrected chi connectivity index (χ3v) is 5.51. The molecule has 5 heteroatoms. The largest absolute Gasteiger partial charge is 0.480 e. The molecule has 1 aliphatic rings. The molecular weight excluding hydrogens is 322 g/mol. The molecule has 1 aromatic rings. The van der Waals surface area contributed by atoms with E-state index in [1.54, 1.807) is 4.90 Å². The van der Waals surface area contributed by atoms with Crippen LogP contribution in [-0.4, -0.2) is 33.7 Å². The Morgan fingerprint density at radius 2 is 1.88 bits per heavy atom. The van der Waals surface area contributed by atoms with Crippen molar-refractivity contribution in [2.45, 2.75) is 57.9 Å². The van der Waals surface area contributed by atoms with Crippen LogP contribution in [-0.2, 0) is 15.0 Å². The summed E-state index contributed by atoms with van der Waals surface area (Å²) >= 11 is 1.51. The Balaban J connectivity index is 2.31. The highest BCUT2D eigenvalue weighted by Gasteiger charge is 2.41. The van der Waals surface area contributed by atoms with E-state index >= 15 is 0 Å². The molecule has 2 rings (SSSR count). The van der Waals surface area contributed by atoms with E-state index in [9.17, 15) is 14.7 Å². The molecule has 1 amide bonds. The van der Waals surface area contributed by atoms with Gasteiger partial charge in [0.15, 0.2) is 0 Å². The number of thioether (sulfide) groups is 1. The number of carbonyl (C=O) groups excluding carboxylic acids is 1. The molecule has 1 fully saturated rings. The monoisotopic (exact) mass is 349 g/mol. The van der Waals surface area contributed by atoms with Crippen LogP contribution in [0.3, 0.4) is 0 Å². The lowest BCUT2D eigenvalue weighted by Crippen LogP contribution is -2.44. The molecule has 132 valence electrons. The molecule has 0 aliphatic carbocycles. The Morgan fingerprint density at radius 3 is 2.33 bits per heavy atom. The number of benzene rings is 1. The van der Waals surface area contributed by atoms with Crippen LogP contribution in [0.15, 0.2) is 24.3 Å². The number of nitrogens with zero attached hydrogens (tertiary/aromatic N) is 1. The number of carboxylic acid groups (broad SMARTS) is 1. The molecule has 0 aromatic heterocycles. The smallest absolute Gasteiger partial charge is 0.326 e. The first-order chi connectivity index (χ1) is 11.1. The van der Waals surface area contributed by atoms with Crippen molar-refractivity contribution < 1.29 is 14.7 Å². The molecule has 0 spiro atoms. The summed E-state index contributed by atoms with van der Waals surface area (Å²) in [4.78, 5) is 25.6. The van der Waals surface area contributed by atoms with Crippen molar-refractivity contribution in [2.24, 2.45) is 5.92 Å². The molecular formula is C19H27NO3S. The zero-order valence-electron chi connectivity index (χ0n) is 15.1. The molecule has 1 saturated heterocycles. The van der Waals surface area contributed by atoms with Gasteiger partial charge in [0.25, 0.3) is 0 Å². The van der Waals surface area contributed by atoms with Gasteiger partial charge >= 0.3 is 5.97 Å². The molecule has 24 heavy (non-hydrogen) atoms. The number of carbonyl (C=O) groups is 2. The van der Waals surface area contributed by atoms with Gasteiger partial charge in [-0.25, -0.2) is 4.79 Å². The Hall–Kier alpha value is -1.49. The third kappa shape index (κ3) is 4.12. The summed E-state index contributed by atoms with van der Waals surface area (Å²) in [5.74, 6) is -0.449. The second kappa shape index (κ2) is 7.18. The Morgan fingerprint density at radius 1 is 1.29 bits per heavy atom. The highest BCUT2D eigenvalue weighted by molar-refractivity contribution is 8.00. The van der Waals surface area contributed by atoms with Gasteiger partial charge in [-0.15, -0.1) is 11.8 Å². The summed E-state index contributed by atoms with van der Waals surface area (Å²) in [6, 6.07) is 7.44. The number of carboxylic acids is 1.